The molecule has 0 atom stereocenters. The zero-order valence-electron chi connectivity index (χ0n) is 6.83. The van der Waals surface area contributed by atoms with Crippen molar-refractivity contribution in [3.05, 3.63) is 45.1 Å². The molecule has 0 bridgehead atoms. The number of H-pyrrole nitrogens is 2. The van der Waals surface area contributed by atoms with E-state index < -0.39 is 17.1 Å². The quantitative estimate of drug-likeness (QED) is 0.695. The summed E-state index contributed by atoms with van der Waals surface area (Å²) in [4.78, 5) is 25.6. The van der Waals surface area contributed by atoms with Crippen LogP contribution in [0.5, 0.6) is 0 Å². The van der Waals surface area contributed by atoms with Crippen LogP contribution in [0.4, 0.5) is 4.39 Å². The molecule has 2 heterocycles. The first-order chi connectivity index (χ1) is 6.68. The first-order valence-corrected chi connectivity index (χ1v) is 3.74. The molecule has 6 heteroatoms. The first kappa shape index (κ1) is 8.49. The van der Waals surface area contributed by atoms with Crippen LogP contribution >= 0.6 is 0 Å². The number of hydrogen-bond donors (Lipinski definition) is 2. The van der Waals surface area contributed by atoms with Crippen molar-refractivity contribution in [2.24, 2.45) is 0 Å². The van der Waals surface area contributed by atoms with Crippen LogP contribution in [0.3, 0.4) is 0 Å². The molecule has 5 nitrogen and oxygen atoms in total. The minimum absolute atomic E-state index is 0.103. The molecule has 0 fully saturated rings. The summed E-state index contributed by atoms with van der Waals surface area (Å²) >= 11 is 0. The predicted molar refractivity (Wildman–Crippen MR) is 45.3 cm³/mol. The summed E-state index contributed by atoms with van der Waals surface area (Å²) in [6.45, 7) is 0. The van der Waals surface area contributed by atoms with E-state index in [0.717, 1.165) is 0 Å². The van der Waals surface area contributed by atoms with Gasteiger partial charge in [0.15, 0.2) is 5.76 Å². The lowest BCUT2D eigenvalue weighted by Crippen LogP contribution is -2.25. The normalized spacial score (nSPS) is 10.4. The zero-order chi connectivity index (χ0) is 10.1. The monoisotopic (exact) mass is 196 g/mol. The van der Waals surface area contributed by atoms with Crippen LogP contribution in [-0.4, -0.2) is 9.97 Å². The van der Waals surface area contributed by atoms with Gasteiger partial charge in [-0.25, -0.2) is 4.79 Å². The van der Waals surface area contributed by atoms with Crippen molar-refractivity contribution in [3.8, 4) is 11.5 Å². The van der Waals surface area contributed by atoms with Crippen molar-refractivity contribution >= 4 is 0 Å². The number of furan rings is 1. The van der Waals surface area contributed by atoms with Crippen LogP contribution in [0.15, 0.2) is 32.4 Å². The number of aromatic nitrogens is 2. The van der Waals surface area contributed by atoms with Crippen LogP contribution in [0.1, 0.15) is 0 Å². The molecular weight excluding hydrogens is 191 g/mol. The molecule has 0 aliphatic heterocycles. The predicted octanol–water partition coefficient (Wildman–Crippen LogP) is 0.462. The van der Waals surface area contributed by atoms with E-state index in [4.69, 9.17) is 4.42 Å². The smallest absolute Gasteiger partial charge is 0.326 e. The summed E-state index contributed by atoms with van der Waals surface area (Å²) in [5.41, 5.74) is -2.09. The third-order valence-electron chi connectivity index (χ3n) is 1.65. The molecule has 72 valence electrons. The van der Waals surface area contributed by atoms with E-state index in [0.29, 0.717) is 0 Å². The number of halogens is 1. The molecule has 0 saturated heterocycles. The van der Waals surface area contributed by atoms with Gasteiger partial charge in [-0.05, 0) is 12.1 Å². The topological polar surface area (TPSA) is 78.9 Å². The van der Waals surface area contributed by atoms with Crippen molar-refractivity contribution in [2.45, 2.75) is 0 Å². The van der Waals surface area contributed by atoms with Crippen molar-refractivity contribution in [1.29, 1.82) is 0 Å². The lowest BCUT2D eigenvalue weighted by Gasteiger charge is -1.96. The number of nitrogens with one attached hydrogen (secondary N) is 2. The number of rotatable bonds is 1. The van der Waals surface area contributed by atoms with E-state index in [9.17, 15) is 14.0 Å². The molecular formula is C8H5FN2O3. The second-order valence-corrected chi connectivity index (χ2v) is 2.57. The minimum Gasteiger partial charge on any atom is -0.463 e. The average molecular weight is 196 g/mol. The van der Waals surface area contributed by atoms with Gasteiger partial charge in [-0.15, -0.1) is 0 Å². The summed E-state index contributed by atoms with van der Waals surface area (Å²) in [6, 6.07) is 2.96. The summed E-state index contributed by atoms with van der Waals surface area (Å²) < 4.78 is 18.0. The van der Waals surface area contributed by atoms with Gasteiger partial charge >= 0.3 is 5.69 Å². The van der Waals surface area contributed by atoms with Crippen molar-refractivity contribution in [1.82, 2.24) is 9.97 Å². The largest absolute Gasteiger partial charge is 0.463 e. The van der Waals surface area contributed by atoms with Gasteiger partial charge in [0.25, 0.3) is 5.56 Å². The Balaban J connectivity index is 2.77. The standard InChI is InChI=1S/C8H5FN2O3/c9-5-6(4-2-1-3-14-4)10-8(13)11-7(5)12/h1-3H,(H2,10,11,12,13). The molecule has 2 aromatic heterocycles. The first-order valence-electron chi connectivity index (χ1n) is 3.74. The number of aromatic amines is 2. The third-order valence-corrected chi connectivity index (χ3v) is 1.65. The van der Waals surface area contributed by atoms with Crippen LogP contribution in [-0.2, 0) is 0 Å². The van der Waals surface area contributed by atoms with E-state index >= 15 is 0 Å². The fourth-order valence-electron chi connectivity index (χ4n) is 1.06. The Morgan fingerprint density at radius 2 is 2.07 bits per heavy atom. The Morgan fingerprint density at radius 1 is 1.29 bits per heavy atom. The Hall–Kier alpha value is -2.11. The van der Waals surface area contributed by atoms with E-state index in [1.54, 1.807) is 4.98 Å². The SMILES string of the molecule is O=c1[nH]c(-c2ccco2)c(F)c(=O)[nH]1. The van der Waals surface area contributed by atoms with E-state index in [-0.39, 0.29) is 11.5 Å². The van der Waals surface area contributed by atoms with Gasteiger partial charge in [-0.1, -0.05) is 0 Å². The maximum atomic E-state index is 13.2. The van der Waals surface area contributed by atoms with Crippen molar-refractivity contribution in [3.63, 3.8) is 0 Å². The lowest BCUT2D eigenvalue weighted by molar-refractivity contribution is 0.556. The average Bonchev–Trinajstić information content (AvgIpc) is 2.63. The van der Waals surface area contributed by atoms with Gasteiger partial charge in [0.05, 0.1) is 6.26 Å². The van der Waals surface area contributed by atoms with E-state index in [2.05, 4.69) is 4.98 Å². The molecule has 0 spiro atoms. The Morgan fingerprint density at radius 3 is 2.71 bits per heavy atom. The van der Waals surface area contributed by atoms with Gasteiger partial charge in [-0.2, -0.15) is 4.39 Å². The molecule has 0 radical (unpaired) electrons. The molecule has 0 aliphatic rings. The van der Waals surface area contributed by atoms with Crippen LogP contribution in [0, 0.1) is 5.82 Å². The zero-order valence-corrected chi connectivity index (χ0v) is 6.83. The molecule has 0 aliphatic carbocycles. The molecule has 2 aromatic rings. The maximum Gasteiger partial charge on any atom is 0.326 e. The van der Waals surface area contributed by atoms with Gasteiger partial charge in [0, 0.05) is 0 Å². The summed E-state index contributed by atoms with van der Waals surface area (Å²) in [7, 11) is 0. The highest BCUT2D eigenvalue weighted by molar-refractivity contribution is 5.51. The summed E-state index contributed by atoms with van der Waals surface area (Å²) in [5.74, 6) is -0.967. The maximum absolute atomic E-state index is 13.2. The second kappa shape index (κ2) is 2.99. The van der Waals surface area contributed by atoms with Crippen LogP contribution in [0.2, 0.25) is 0 Å². The fourth-order valence-corrected chi connectivity index (χ4v) is 1.06. The summed E-state index contributed by atoms with van der Waals surface area (Å²) in [5, 5.41) is 0. The van der Waals surface area contributed by atoms with E-state index in [1.807, 2.05) is 0 Å². The molecule has 0 aromatic carbocycles. The van der Waals surface area contributed by atoms with Gasteiger partial charge in [0.1, 0.15) is 5.69 Å². The highest BCUT2D eigenvalue weighted by Crippen LogP contribution is 2.16. The Labute approximate surface area is 76.2 Å². The minimum atomic E-state index is -1.07. The Bertz CT molecular complexity index is 553. The van der Waals surface area contributed by atoms with Gasteiger partial charge in [-0.3, -0.25) is 9.78 Å². The molecule has 0 amide bonds. The van der Waals surface area contributed by atoms with Crippen LogP contribution in [0.25, 0.3) is 11.5 Å². The molecule has 2 rings (SSSR count). The molecule has 2 N–H and O–H groups in total. The highest BCUT2D eigenvalue weighted by Gasteiger charge is 2.12. The van der Waals surface area contributed by atoms with Crippen molar-refractivity contribution < 1.29 is 8.81 Å². The highest BCUT2D eigenvalue weighted by atomic mass is 19.1. The van der Waals surface area contributed by atoms with Gasteiger partial charge < -0.3 is 9.40 Å². The Kier molecular flexibility index (Phi) is 1.81. The number of hydrogen-bond acceptors (Lipinski definition) is 3. The van der Waals surface area contributed by atoms with Gasteiger partial charge in [0.2, 0.25) is 5.82 Å². The second-order valence-electron chi connectivity index (χ2n) is 2.57. The molecule has 0 unspecified atom stereocenters. The van der Waals surface area contributed by atoms with E-state index in [1.165, 1.54) is 18.4 Å². The third kappa shape index (κ3) is 1.26. The molecule has 14 heavy (non-hydrogen) atoms. The lowest BCUT2D eigenvalue weighted by atomic mass is 10.3. The van der Waals surface area contributed by atoms with Crippen LogP contribution < -0.4 is 11.2 Å². The van der Waals surface area contributed by atoms with Crippen molar-refractivity contribution in [2.75, 3.05) is 0 Å². The molecule has 0 saturated carbocycles. The fraction of sp³-hybridized carbons (Fsp3) is 0. The summed E-state index contributed by atoms with van der Waals surface area (Å²) in [6.07, 6.45) is 1.31.